The summed E-state index contributed by atoms with van der Waals surface area (Å²) in [5.41, 5.74) is 1.82. The molecule has 0 radical (unpaired) electrons. The van der Waals surface area contributed by atoms with Gasteiger partial charge in [0.1, 0.15) is 10.6 Å². The molecule has 0 saturated heterocycles. The minimum Gasteiger partial charge on any atom is -0.459 e. The Labute approximate surface area is 160 Å². The molecular formula is C20H18N4O2S. The van der Waals surface area contributed by atoms with E-state index in [2.05, 4.69) is 15.4 Å². The van der Waals surface area contributed by atoms with Crippen molar-refractivity contribution in [2.75, 3.05) is 5.32 Å². The summed E-state index contributed by atoms with van der Waals surface area (Å²) in [6, 6.07) is 15.6. The average molecular weight is 378 g/mol. The number of thiazole rings is 1. The Bertz CT molecular complexity index is 1080. The zero-order chi connectivity index (χ0) is 18.8. The van der Waals surface area contributed by atoms with Gasteiger partial charge in [0.2, 0.25) is 0 Å². The predicted octanol–water partition coefficient (Wildman–Crippen LogP) is 4.52. The molecule has 0 spiro atoms. The molecule has 7 heteroatoms. The highest BCUT2D eigenvalue weighted by atomic mass is 32.1. The first-order chi connectivity index (χ1) is 13.1. The first kappa shape index (κ1) is 17.2. The molecule has 0 bridgehead atoms. The molecule has 4 rings (SSSR count). The summed E-state index contributed by atoms with van der Waals surface area (Å²) >= 11 is 1.31. The van der Waals surface area contributed by atoms with E-state index in [1.54, 1.807) is 10.7 Å². The summed E-state index contributed by atoms with van der Waals surface area (Å²) < 4.78 is 7.39. The van der Waals surface area contributed by atoms with Gasteiger partial charge in [-0.1, -0.05) is 30.3 Å². The topological polar surface area (TPSA) is 73.0 Å². The van der Waals surface area contributed by atoms with Crippen molar-refractivity contribution in [2.45, 2.75) is 20.4 Å². The van der Waals surface area contributed by atoms with Crippen LogP contribution in [-0.2, 0) is 6.54 Å². The zero-order valence-corrected chi connectivity index (χ0v) is 15.8. The Balaban J connectivity index is 1.47. The minimum atomic E-state index is -0.218. The van der Waals surface area contributed by atoms with Crippen molar-refractivity contribution >= 4 is 23.1 Å². The van der Waals surface area contributed by atoms with Crippen LogP contribution in [0, 0.1) is 13.8 Å². The molecule has 27 heavy (non-hydrogen) atoms. The van der Waals surface area contributed by atoms with Crippen LogP contribution in [0.5, 0.6) is 0 Å². The molecular weight excluding hydrogens is 360 g/mol. The van der Waals surface area contributed by atoms with Crippen LogP contribution in [0.2, 0.25) is 0 Å². The van der Waals surface area contributed by atoms with Gasteiger partial charge in [0.25, 0.3) is 5.91 Å². The maximum atomic E-state index is 12.6. The van der Waals surface area contributed by atoms with Gasteiger partial charge < -0.3 is 9.73 Å². The molecule has 6 nitrogen and oxygen atoms in total. The van der Waals surface area contributed by atoms with Crippen LogP contribution < -0.4 is 5.32 Å². The third-order valence-corrected chi connectivity index (χ3v) is 5.19. The maximum absolute atomic E-state index is 12.6. The van der Waals surface area contributed by atoms with Crippen molar-refractivity contribution in [3.05, 3.63) is 76.6 Å². The van der Waals surface area contributed by atoms with E-state index in [1.807, 2.05) is 62.5 Å². The van der Waals surface area contributed by atoms with Gasteiger partial charge in [-0.3, -0.25) is 9.48 Å². The van der Waals surface area contributed by atoms with Crippen LogP contribution in [0.25, 0.3) is 10.8 Å². The maximum Gasteiger partial charge on any atom is 0.268 e. The second-order valence-electron chi connectivity index (χ2n) is 6.18. The first-order valence-corrected chi connectivity index (χ1v) is 9.33. The lowest BCUT2D eigenvalue weighted by Crippen LogP contribution is -2.12. The Hall–Kier alpha value is -3.19. The van der Waals surface area contributed by atoms with E-state index in [-0.39, 0.29) is 5.91 Å². The number of anilines is 1. The third kappa shape index (κ3) is 3.83. The van der Waals surface area contributed by atoms with Gasteiger partial charge in [-0.2, -0.15) is 5.10 Å². The molecule has 0 fully saturated rings. The van der Waals surface area contributed by atoms with E-state index in [1.165, 1.54) is 11.3 Å². The number of rotatable bonds is 5. The number of nitrogens with zero attached hydrogens (tertiary/aromatic N) is 3. The molecule has 0 saturated carbocycles. The molecule has 0 aliphatic rings. The van der Waals surface area contributed by atoms with E-state index in [4.69, 9.17) is 4.42 Å². The van der Waals surface area contributed by atoms with Crippen molar-refractivity contribution in [1.82, 2.24) is 14.8 Å². The van der Waals surface area contributed by atoms with Gasteiger partial charge in [-0.05, 0) is 31.5 Å². The third-order valence-electron chi connectivity index (χ3n) is 4.02. The first-order valence-electron chi connectivity index (χ1n) is 8.51. The molecule has 1 aromatic carbocycles. The summed E-state index contributed by atoms with van der Waals surface area (Å²) in [7, 11) is 0. The van der Waals surface area contributed by atoms with Crippen LogP contribution in [0.1, 0.15) is 26.7 Å². The Morgan fingerprint density at radius 1 is 1.15 bits per heavy atom. The van der Waals surface area contributed by atoms with E-state index < -0.39 is 0 Å². The van der Waals surface area contributed by atoms with Crippen molar-refractivity contribution in [3.63, 3.8) is 0 Å². The molecule has 0 unspecified atom stereocenters. The van der Waals surface area contributed by atoms with Crippen molar-refractivity contribution < 1.29 is 9.21 Å². The fourth-order valence-electron chi connectivity index (χ4n) is 2.72. The minimum absolute atomic E-state index is 0.218. The van der Waals surface area contributed by atoms with E-state index in [0.717, 1.165) is 11.3 Å². The number of benzene rings is 1. The number of furan rings is 1. The Kier molecular flexibility index (Phi) is 4.60. The van der Waals surface area contributed by atoms with Gasteiger partial charge in [0.05, 0.1) is 12.2 Å². The summed E-state index contributed by atoms with van der Waals surface area (Å²) in [4.78, 5) is 17.6. The van der Waals surface area contributed by atoms with Gasteiger partial charge in [0.15, 0.2) is 16.6 Å². The molecule has 0 aliphatic heterocycles. The number of aryl methyl sites for hydroxylation is 2. The van der Waals surface area contributed by atoms with Crippen molar-refractivity contribution in [2.24, 2.45) is 0 Å². The molecule has 0 atom stereocenters. The zero-order valence-electron chi connectivity index (χ0n) is 15.0. The van der Waals surface area contributed by atoms with Crippen LogP contribution in [0.4, 0.5) is 5.82 Å². The Morgan fingerprint density at radius 2 is 1.96 bits per heavy atom. The summed E-state index contributed by atoms with van der Waals surface area (Å²) in [5.74, 6) is 1.78. The summed E-state index contributed by atoms with van der Waals surface area (Å²) in [6.45, 7) is 4.35. The Morgan fingerprint density at radius 3 is 2.70 bits per heavy atom. The number of nitrogens with one attached hydrogen (secondary N) is 1. The van der Waals surface area contributed by atoms with Gasteiger partial charge >= 0.3 is 0 Å². The quantitative estimate of drug-likeness (QED) is 0.554. The van der Waals surface area contributed by atoms with Gasteiger partial charge in [0, 0.05) is 12.3 Å². The highest BCUT2D eigenvalue weighted by Gasteiger charge is 2.18. The van der Waals surface area contributed by atoms with Crippen LogP contribution >= 0.6 is 11.3 Å². The number of carbonyl (C=O) groups excluding carboxylic acids is 1. The predicted molar refractivity (Wildman–Crippen MR) is 105 cm³/mol. The highest BCUT2D eigenvalue weighted by Crippen LogP contribution is 2.29. The SMILES string of the molecule is Cc1ccc(-c2nc(C)c(C(=O)Nc3ccn(Cc4ccccc4)n3)s2)o1. The molecule has 0 aliphatic carbocycles. The largest absolute Gasteiger partial charge is 0.459 e. The van der Waals surface area contributed by atoms with Gasteiger partial charge in [-0.25, -0.2) is 4.98 Å². The van der Waals surface area contributed by atoms with Crippen LogP contribution in [0.15, 0.2) is 59.1 Å². The molecule has 4 aromatic rings. The smallest absolute Gasteiger partial charge is 0.268 e. The fourth-order valence-corrected chi connectivity index (χ4v) is 3.65. The number of amides is 1. The van der Waals surface area contributed by atoms with E-state index in [9.17, 15) is 4.79 Å². The molecule has 3 heterocycles. The number of carbonyl (C=O) groups is 1. The fraction of sp³-hybridized carbons (Fsp3) is 0.150. The van der Waals surface area contributed by atoms with Gasteiger partial charge in [-0.15, -0.1) is 11.3 Å². The van der Waals surface area contributed by atoms with Crippen molar-refractivity contribution in [3.8, 4) is 10.8 Å². The average Bonchev–Trinajstić information content (AvgIpc) is 3.36. The molecule has 136 valence electrons. The van der Waals surface area contributed by atoms with Crippen LogP contribution in [-0.4, -0.2) is 20.7 Å². The van der Waals surface area contributed by atoms with E-state index in [0.29, 0.717) is 33.7 Å². The molecule has 3 aromatic heterocycles. The standard InChI is InChI=1S/C20H18N4O2S/c1-13-8-9-16(26-13)20-21-14(2)18(27-20)19(25)22-17-10-11-24(23-17)12-15-6-4-3-5-7-15/h3-11H,12H2,1-2H3,(H,22,23,25). The number of hydrogen-bond donors (Lipinski definition) is 1. The summed E-state index contributed by atoms with van der Waals surface area (Å²) in [6.07, 6.45) is 1.85. The number of hydrogen-bond acceptors (Lipinski definition) is 5. The molecule has 1 amide bonds. The lowest BCUT2D eigenvalue weighted by molar-refractivity contribution is 0.102. The normalized spacial score (nSPS) is 10.9. The second-order valence-corrected chi connectivity index (χ2v) is 7.18. The lowest BCUT2D eigenvalue weighted by atomic mass is 10.2. The van der Waals surface area contributed by atoms with Crippen LogP contribution in [0.3, 0.4) is 0 Å². The lowest BCUT2D eigenvalue weighted by Gasteiger charge is -2.02. The molecule has 1 N–H and O–H groups in total. The second kappa shape index (κ2) is 7.20. The monoisotopic (exact) mass is 378 g/mol. The number of aromatic nitrogens is 3. The van der Waals surface area contributed by atoms with E-state index >= 15 is 0 Å². The summed E-state index contributed by atoms with van der Waals surface area (Å²) in [5, 5.41) is 7.96. The van der Waals surface area contributed by atoms with Crippen molar-refractivity contribution in [1.29, 1.82) is 0 Å². The highest BCUT2D eigenvalue weighted by molar-refractivity contribution is 7.17.